The molecule has 1 amide bonds. The molecule has 0 atom stereocenters. The van der Waals surface area contributed by atoms with Crippen LogP contribution in [-0.2, 0) is 5.75 Å². The number of fused-ring (bicyclic) bond motifs is 1. The van der Waals surface area contributed by atoms with Crippen LogP contribution >= 0.6 is 23.1 Å². The highest BCUT2D eigenvalue weighted by Gasteiger charge is 2.12. The molecule has 29 heavy (non-hydrogen) atoms. The number of nitrogens with one attached hydrogen (secondary N) is 2. The molecule has 0 fully saturated rings. The van der Waals surface area contributed by atoms with Gasteiger partial charge < -0.3 is 4.98 Å². The van der Waals surface area contributed by atoms with Crippen molar-refractivity contribution in [3.8, 4) is 0 Å². The number of H-pyrrole nitrogens is 1. The molecule has 4 rings (SSSR count). The van der Waals surface area contributed by atoms with Crippen molar-refractivity contribution in [2.45, 2.75) is 17.0 Å². The Balaban J connectivity index is 1.44. The average Bonchev–Trinajstić information content (AvgIpc) is 3.15. The lowest BCUT2D eigenvalue weighted by molar-refractivity contribution is 0.102. The van der Waals surface area contributed by atoms with Crippen molar-refractivity contribution in [1.29, 1.82) is 0 Å². The molecular formula is C20H15FN4O2S2. The summed E-state index contributed by atoms with van der Waals surface area (Å²) in [4.78, 5) is 27.4. The molecule has 0 radical (unpaired) electrons. The van der Waals surface area contributed by atoms with Gasteiger partial charge in [-0.15, -0.1) is 10.2 Å². The van der Waals surface area contributed by atoms with Crippen LogP contribution in [0, 0.1) is 12.7 Å². The van der Waals surface area contributed by atoms with Crippen LogP contribution in [0.1, 0.15) is 21.6 Å². The van der Waals surface area contributed by atoms with Crippen LogP contribution in [0.15, 0.2) is 57.7 Å². The van der Waals surface area contributed by atoms with E-state index >= 15 is 0 Å². The van der Waals surface area contributed by atoms with Crippen molar-refractivity contribution in [2.75, 3.05) is 5.32 Å². The van der Waals surface area contributed by atoms with E-state index in [4.69, 9.17) is 0 Å². The second kappa shape index (κ2) is 8.14. The first-order chi connectivity index (χ1) is 14.0. The number of pyridine rings is 1. The van der Waals surface area contributed by atoms with Crippen molar-refractivity contribution >= 4 is 45.0 Å². The number of aromatic nitrogens is 3. The molecule has 0 bridgehead atoms. The van der Waals surface area contributed by atoms with E-state index in [2.05, 4.69) is 20.5 Å². The third-order valence-electron chi connectivity index (χ3n) is 4.16. The van der Waals surface area contributed by atoms with Crippen molar-refractivity contribution in [3.63, 3.8) is 0 Å². The van der Waals surface area contributed by atoms with Gasteiger partial charge in [-0.1, -0.05) is 46.9 Å². The van der Waals surface area contributed by atoms with Gasteiger partial charge in [0, 0.05) is 28.5 Å². The fourth-order valence-corrected chi connectivity index (χ4v) is 4.35. The van der Waals surface area contributed by atoms with Gasteiger partial charge in [0.25, 0.3) is 5.91 Å². The maximum atomic E-state index is 14.0. The Morgan fingerprint density at radius 3 is 2.79 bits per heavy atom. The molecule has 6 nitrogen and oxygen atoms in total. The van der Waals surface area contributed by atoms with Crippen molar-refractivity contribution < 1.29 is 9.18 Å². The first kappa shape index (κ1) is 19.3. The lowest BCUT2D eigenvalue weighted by Crippen LogP contribution is -2.11. The average molecular weight is 426 g/mol. The van der Waals surface area contributed by atoms with E-state index in [1.165, 1.54) is 41.3 Å². The molecule has 0 spiro atoms. The van der Waals surface area contributed by atoms with Gasteiger partial charge in [-0.3, -0.25) is 14.9 Å². The number of hydrogen-bond donors (Lipinski definition) is 2. The summed E-state index contributed by atoms with van der Waals surface area (Å²) in [6.07, 6.45) is 0. The highest BCUT2D eigenvalue weighted by Crippen LogP contribution is 2.28. The summed E-state index contributed by atoms with van der Waals surface area (Å²) in [6, 6.07) is 13.1. The summed E-state index contributed by atoms with van der Waals surface area (Å²) in [7, 11) is 0. The number of thioether (sulfide) groups is 1. The maximum absolute atomic E-state index is 14.0. The number of hydrogen-bond acceptors (Lipinski definition) is 6. The van der Waals surface area contributed by atoms with Gasteiger partial charge in [-0.05, 0) is 31.2 Å². The van der Waals surface area contributed by atoms with Gasteiger partial charge >= 0.3 is 0 Å². The van der Waals surface area contributed by atoms with E-state index in [0.717, 1.165) is 5.56 Å². The number of rotatable bonds is 5. The Morgan fingerprint density at radius 2 is 2.00 bits per heavy atom. The fourth-order valence-electron chi connectivity index (χ4n) is 2.70. The molecular weight excluding hydrogens is 411 g/mol. The summed E-state index contributed by atoms with van der Waals surface area (Å²) >= 11 is 2.58. The van der Waals surface area contributed by atoms with E-state index in [9.17, 15) is 14.0 Å². The molecule has 0 saturated heterocycles. The molecule has 2 aromatic carbocycles. The topological polar surface area (TPSA) is 87.7 Å². The van der Waals surface area contributed by atoms with Gasteiger partial charge in [0.15, 0.2) is 9.77 Å². The predicted molar refractivity (Wildman–Crippen MR) is 113 cm³/mol. The van der Waals surface area contributed by atoms with Gasteiger partial charge in [-0.2, -0.15) is 0 Å². The van der Waals surface area contributed by atoms with Gasteiger partial charge in [0.1, 0.15) is 5.82 Å². The number of carbonyl (C=O) groups excluding carboxylic acids is 1. The molecule has 0 unspecified atom stereocenters. The second-order valence-electron chi connectivity index (χ2n) is 6.30. The van der Waals surface area contributed by atoms with Crippen LogP contribution in [0.3, 0.4) is 0 Å². The van der Waals surface area contributed by atoms with Crippen LogP contribution in [-0.4, -0.2) is 21.1 Å². The highest BCUT2D eigenvalue weighted by atomic mass is 32.2. The Labute approximate surface area is 173 Å². The monoisotopic (exact) mass is 426 g/mol. The van der Waals surface area contributed by atoms with Crippen molar-refractivity contribution in [1.82, 2.24) is 15.2 Å². The summed E-state index contributed by atoms with van der Waals surface area (Å²) in [5.41, 5.74) is 2.15. The molecule has 0 aliphatic rings. The predicted octanol–water partition coefficient (Wildman–Crippen LogP) is 4.37. The molecule has 4 aromatic rings. The molecule has 0 aliphatic heterocycles. The van der Waals surface area contributed by atoms with E-state index in [1.807, 2.05) is 19.1 Å². The first-order valence-corrected chi connectivity index (χ1v) is 10.4. The maximum Gasteiger partial charge on any atom is 0.257 e. The van der Waals surface area contributed by atoms with E-state index in [1.54, 1.807) is 18.2 Å². The zero-order valence-corrected chi connectivity index (χ0v) is 16.9. The summed E-state index contributed by atoms with van der Waals surface area (Å²) < 4.78 is 14.6. The molecule has 2 aromatic heterocycles. The normalized spacial score (nSPS) is 11.0. The molecule has 9 heteroatoms. The molecule has 2 heterocycles. The molecule has 0 aliphatic carbocycles. The molecule has 0 saturated carbocycles. The van der Waals surface area contributed by atoms with Gasteiger partial charge in [-0.25, -0.2) is 4.39 Å². The SMILES string of the molecule is Cc1ccc(C(=O)Nc2nnc(SCc3cc(=O)c4cccc(F)c4[nH]3)s2)cc1. The number of aromatic amines is 1. The number of halogens is 1. The number of aryl methyl sites for hydroxylation is 1. The lowest BCUT2D eigenvalue weighted by atomic mass is 10.1. The summed E-state index contributed by atoms with van der Waals surface area (Å²) in [5, 5.41) is 11.4. The standard InChI is InChI=1S/C20H15FN4O2S2/c1-11-5-7-12(8-6-11)18(27)23-19-24-25-20(29-19)28-10-13-9-16(26)14-3-2-4-15(21)17(14)22-13/h2-9H,10H2,1H3,(H,22,26)(H,23,24,27). The smallest absolute Gasteiger partial charge is 0.257 e. The largest absolute Gasteiger partial charge is 0.355 e. The third-order valence-corrected chi connectivity index (χ3v) is 6.18. The third kappa shape index (κ3) is 4.36. The quantitative estimate of drug-likeness (QED) is 0.365. The van der Waals surface area contributed by atoms with Crippen LogP contribution in [0.4, 0.5) is 9.52 Å². The van der Waals surface area contributed by atoms with E-state index in [-0.39, 0.29) is 16.9 Å². The Kier molecular flexibility index (Phi) is 5.41. The van der Waals surface area contributed by atoms with Gasteiger partial charge in [0.05, 0.1) is 5.52 Å². The number of carbonyl (C=O) groups is 1. The molecule has 2 N–H and O–H groups in total. The van der Waals surface area contributed by atoms with E-state index in [0.29, 0.717) is 31.9 Å². The number of benzene rings is 2. The summed E-state index contributed by atoms with van der Waals surface area (Å²) in [6.45, 7) is 1.95. The lowest BCUT2D eigenvalue weighted by Gasteiger charge is -2.04. The minimum atomic E-state index is -0.469. The van der Waals surface area contributed by atoms with Gasteiger partial charge in [0.2, 0.25) is 5.13 Å². The van der Waals surface area contributed by atoms with E-state index < -0.39 is 5.82 Å². The molecule has 146 valence electrons. The number of nitrogens with zero attached hydrogens (tertiary/aromatic N) is 2. The number of para-hydroxylation sites is 1. The zero-order valence-electron chi connectivity index (χ0n) is 15.2. The highest BCUT2D eigenvalue weighted by molar-refractivity contribution is 8.00. The minimum absolute atomic E-state index is 0.193. The second-order valence-corrected chi connectivity index (χ2v) is 8.50. The zero-order chi connectivity index (χ0) is 20.4. The Bertz CT molecular complexity index is 1250. The first-order valence-electron chi connectivity index (χ1n) is 8.64. The van der Waals surface area contributed by atoms with Crippen LogP contribution in [0.5, 0.6) is 0 Å². The van der Waals surface area contributed by atoms with Crippen molar-refractivity contribution in [3.05, 3.63) is 81.4 Å². The van der Waals surface area contributed by atoms with Crippen LogP contribution < -0.4 is 10.7 Å². The Hall–Kier alpha value is -3.04. The number of anilines is 1. The van der Waals surface area contributed by atoms with Crippen molar-refractivity contribution in [2.24, 2.45) is 0 Å². The summed E-state index contributed by atoms with van der Waals surface area (Å²) in [5.74, 6) is -0.337. The van der Waals surface area contributed by atoms with Crippen LogP contribution in [0.2, 0.25) is 0 Å². The number of amides is 1. The van der Waals surface area contributed by atoms with Crippen LogP contribution in [0.25, 0.3) is 10.9 Å². The fraction of sp³-hybridized carbons (Fsp3) is 0.100. The Morgan fingerprint density at radius 1 is 1.21 bits per heavy atom. The minimum Gasteiger partial charge on any atom is -0.355 e.